The van der Waals surface area contributed by atoms with Gasteiger partial charge < -0.3 is 15.5 Å². The lowest BCUT2D eigenvalue weighted by atomic mass is 9.64. The molecule has 4 atom stereocenters. The van der Waals surface area contributed by atoms with Gasteiger partial charge in [0.05, 0.1) is 12.2 Å². The lowest BCUT2D eigenvalue weighted by Gasteiger charge is -2.51. The van der Waals surface area contributed by atoms with Gasteiger partial charge in [-0.25, -0.2) is 0 Å². The molecule has 0 aliphatic heterocycles. The molecule has 3 nitrogen and oxygen atoms in total. The SMILES string of the molecule is CC1(C)C(O)CC1N[C@@H]1CCC[C@H]1O. The molecule has 2 rings (SSSR count). The molecule has 0 bridgehead atoms. The molecule has 0 radical (unpaired) electrons. The van der Waals surface area contributed by atoms with Crippen molar-refractivity contribution in [2.24, 2.45) is 5.41 Å². The Morgan fingerprint density at radius 2 is 1.93 bits per heavy atom. The highest BCUT2D eigenvalue weighted by Gasteiger charge is 2.48. The number of rotatable bonds is 2. The lowest BCUT2D eigenvalue weighted by Crippen LogP contribution is -2.62. The highest BCUT2D eigenvalue weighted by molar-refractivity contribution is 5.03. The number of aliphatic hydroxyl groups is 2. The van der Waals surface area contributed by atoms with Crippen LogP contribution in [0.5, 0.6) is 0 Å². The summed E-state index contributed by atoms with van der Waals surface area (Å²) in [5.74, 6) is 0. The second kappa shape index (κ2) is 3.47. The molecule has 0 amide bonds. The van der Waals surface area contributed by atoms with Crippen LogP contribution in [0.15, 0.2) is 0 Å². The van der Waals surface area contributed by atoms with Crippen LogP contribution in [-0.4, -0.2) is 34.5 Å². The van der Waals surface area contributed by atoms with Gasteiger partial charge in [0, 0.05) is 17.5 Å². The van der Waals surface area contributed by atoms with Gasteiger partial charge in [0.15, 0.2) is 0 Å². The quantitative estimate of drug-likeness (QED) is 0.612. The number of aliphatic hydroxyl groups excluding tert-OH is 2. The van der Waals surface area contributed by atoms with Crippen molar-refractivity contribution >= 4 is 0 Å². The zero-order valence-corrected chi connectivity index (χ0v) is 9.03. The van der Waals surface area contributed by atoms with E-state index < -0.39 is 0 Å². The Bertz CT molecular complexity index is 217. The Morgan fingerprint density at radius 1 is 1.21 bits per heavy atom. The third kappa shape index (κ3) is 1.58. The number of nitrogens with one attached hydrogen (secondary N) is 1. The van der Waals surface area contributed by atoms with E-state index >= 15 is 0 Å². The summed E-state index contributed by atoms with van der Waals surface area (Å²) in [6.07, 6.45) is 3.59. The minimum absolute atomic E-state index is 0.0255. The fraction of sp³-hybridized carbons (Fsp3) is 1.00. The Labute approximate surface area is 85.5 Å². The zero-order valence-electron chi connectivity index (χ0n) is 9.03. The van der Waals surface area contributed by atoms with Crippen LogP contribution in [-0.2, 0) is 0 Å². The van der Waals surface area contributed by atoms with Gasteiger partial charge in [-0.2, -0.15) is 0 Å². The van der Waals surface area contributed by atoms with Gasteiger partial charge in [0.1, 0.15) is 0 Å². The molecule has 14 heavy (non-hydrogen) atoms. The predicted molar refractivity (Wildman–Crippen MR) is 55.0 cm³/mol. The Morgan fingerprint density at radius 3 is 2.36 bits per heavy atom. The molecule has 0 heterocycles. The van der Waals surface area contributed by atoms with Gasteiger partial charge in [-0.05, 0) is 25.7 Å². The first-order valence-electron chi connectivity index (χ1n) is 5.64. The molecule has 2 saturated carbocycles. The van der Waals surface area contributed by atoms with Crippen LogP contribution in [0, 0.1) is 5.41 Å². The van der Waals surface area contributed by atoms with Crippen molar-refractivity contribution < 1.29 is 10.2 Å². The zero-order chi connectivity index (χ0) is 10.3. The summed E-state index contributed by atoms with van der Waals surface area (Å²) in [6, 6.07) is 0.627. The molecular weight excluding hydrogens is 178 g/mol. The monoisotopic (exact) mass is 199 g/mol. The van der Waals surface area contributed by atoms with E-state index in [1.165, 1.54) is 0 Å². The summed E-state index contributed by atoms with van der Waals surface area (Å²) >= 11 is 0. The van der Waals surface area contributed by atoms with Crippen molar-refractivity contribution in [2.45, 2.75) is 63.8 Å². The maximum atomic E-state index is 9.67. The van der Waals surface area contributed by atoms with Crippen molar-refractivity contribution in [3.8, 4) is 0 Å². The van der Waals surface area contributed by atoms with E-state index in [4.69, 9.17) is 0 Å². The number of hydrogen-bond acceptors (Lipinski definition) is 3. The van der Waals surface area contributed by atoms with Gasteiger partial charge in [0.25, 0.3) is 0 Å². The van der Waals surface area contributed by atoms with Crippen molar-refractivity contribution in [3.05, 3.63) is 0 Å². The summed E-state index contributed by atoms with van der Waals surface area (Å²) in [4.78, 5) is 0. The van der Waals surface area contributed by atoms with E-state index in [0.717, 1.165) is 25.7 Å². The molecule has 0 aromatic rings. The third-order valence-electron chi connectivity index (χ3n) is 4.11. The summed E-state index contributed by atoms with van der Waals surface area (Å²) in [5, 5.41) is 22.7. The molecule has 2 aliphatic rings. The fourth-order valence-corrected chi connectivity index (χ4v) is 2.58. The standard InChI is InChI=1S/C11H21NO2/c1-11(2)9(6-10(11)14)12-7-4-3-5-8(7)13/h7-10,12-14H,3-6H2,1-2H3/t7-,8-,9?,10?/m1/s1. The van der Waals surface area contributed by atoms with Gasteiger partial charge >= 0.3 is 0 Å². The van der Waals surface area contributed by atoms with Crippen molar-refractivity contribution in [1.82, 2.24) is 5.32 Å². The average molecular weight is 199 g/mol. The van der Waals surface area contributed by atoms with Crippen LogP contribution >= 0.6 is 0 Å². The molecule has 0 aromatic carbocycles. The van der Waals surface area contributed by atoms with Crippen LogP contribution in [0.4, 0.5) is 0 Å². The number of hydrogen-bond donors (Lipinski definition) is 3. The highest BCUT2D eigenvalue weighted by Crippen LogP contribution is 2.41. The molecule has 2 unspecified atom stereocenters. The molecule has 3 N–H and O–H groups in total. The second-order valence-electron chi connectivity index (χ2n) is 5.40. The first kappa shape index (κ1) is 10.4. The van der Waals surface area contributed by atoms with E-state index in [0.29, 0.717) is 6.04 Å². The molecule has 0 spiro atoms. The molecule has 2 aliphatic carbocycles. The van der Waals surface area contributed by atoms with Crippen LogP contribution in [0.2, 0.25) is 0 Å². The van der Waals surface area contributed by atoms with E-state index in [1.807, 2.05) is 0 Å². The maximum Gasteiger partial charge on any atom is 0.0693 e. The summed E-state index contributed by atoms with van der Waals surface area (Å²) in [6.45, 7) is 4.17. The minimum atomic E-state index is -0.182. The average Bonchev–Trinajstić information content (AvgIpc) is 2.51. The van der Waals surface area contributed by atoms with Crippen molar-refractivity contribution in [2.75, 3.05) is 0 Å². The van der Waals surface area contributed by atoms with E-state index in [1.54, 1.807) is 0 Å². The first-order chi connectivity index (χ1) is 6.51. The molecule has 82 valence electrons. The molecular formula is C11H21NO2. The van der Waals surface area contributed by atoms with Gasteiger partial charge in [-0.1, -0.05) is 13.8 Å². The Balaban J connectivity index is 1.87. The third-order valence-corrected chi connectivity index (χ3v) is 4.11. The first-order valence-corrected chi connectivity index (χ1v) is 5.64. The predicted octanol–water partition coefficient (Wildman–Crippen LogP) is 0.649. The summed E-state index contributed by atoms with van der Waals surface area (Å²) < 4.78 is 0. The minimum Gasteiger partial charge on any atom is -0.392 e. The van der Waals surface area contributed by atoms with E-state index in [9.17, 15) is 10.2 Å². The van der Waals surface area contributed by atoms with E-state index in [-0.39, 0.29) is 23.7 Å². The van der Waals surface area contributed by atoms with Crippen LogP contribution in [0.1, 0.15) is 39.5 Å². The Hall–Kier alpha value is -0.120. The maximum absolute atomic E-state index is 9.67. The largest absolute Gasteiger partial charge is 0.392 e. The van der Waals surface area contributed by atoms with Crippen LogP contribution in [0.3, 0.4) is 0 Å². The smallest absolute Gasteiger partial charge is 0.0693 e. The van der Waals surface area contributed by atoms with Crippen molar-refractivity contribution in [3.63, 3.8) is 0 Å². The highest BCUT2D eigenvalue weighted by atomic mass is 16.3. The lowest BCUT2D eigenvalue weighted by molar-refractivity contribution is -0.0793. The second-order valence-corrected chi connectivity index (χ2v) is 5.40. The van der Waals surface area contributed by atoms with Crippen molar-refractivity contribution in [1.29, 1.82) is 0 Å². The normalized spacial score (nSPS) is 46.3. The molecule has 2 fully saturated rings. The molecule has 0 saturated heterocycles. The molecule has 3 heteroatoms. The molecule has 0 aromatic heterocycles. The van der Waals surface area contributed by atoms with E-state index in [2.05, 4.69) is 19.2 Å². The fourth-order valence-electron chi connectivity index (χ4n) is 2.58. The Kier molecular flexibility index (Phi) is 2.58. The van der Waals surface area contributed by atoms with Gasteiger partial charge in [0.2, 0.25) is 0 Å². The topological polar surface area (TPSA) is 52.5 Å². The summed E-state index contributed by atoms with van der Waals surface area (Å²) in [7, 11) is 0. The van der Waals surface area contributed by atoms with Crippen LogP contribution < -0.4 is 5.32 Å². The van der Waals surface area contributed by atoms with Gasteiger partial charge in [-0.3, -0.25) is 0 Å². The van der Waals surface area contributed by atoms with Gasteiger partial charge in [-0.15, -0.1) is 0 Å². The summed E-state index contributed by atoms with van der Waals surface area (Å²) in [5.41, 5.74) is -0.0255. The van der Waals surface area contributed by atoms with Crippen LogP contribution in [0.25, 0.3) is 0 Å².